The highest BCUT2D eigenvalue weighted by Crippen LogP contribution is 2.35. The van der Waals surface area contributed by atoms with Crippen LogP contribution in [0.4, 0.5) is 4.39 Å². The van der Waals surface area contributed by atoms with Crippen molar-refractivity contribution in [2.24, 2.45) is 0 Å². The average molecular weight is 486 g/mol. The lowest BCUT2D eigenvalue weighted by molar-refractivity contribution is 0.412. The lowest BCUT2D eigenvalue weighted by Crippen LogP contribution is -1.90. The van der Waals surface area contributed by atoms with Crippen molar-refractivity contribution in [2.75, 3.05) is 7.11 Å². The Morgan fingerprint density at radius 3 is 2.44 bits per heavy atom. The summed E-state index contributed by atoms with van der Waals surface area (Å²) in [5, 5.41) is 0. The van der Waals surface area contributed by atoms with Gasteiger partial charge in [0.2, 0.25) is 0 Å². The van der Waals surface area contributed by atoms with Gasteiger partial charge in [0.05, 0.1) is 10.7 Å². The Kier molecular flexibility index (Phi) is 4.66. The monoisotopic (exact) mass is 484 g/mol. The molecule has 0 aliphatic rings. The van der Waals surface area contributed by atoms with Gasteiger partial charge in [-0.25, -0.2) is 4.39 Å². The van der Waals surface area contributed by atoms with Gasteiger partial charge in [-0.15, -0.1) is 0 Å². The van der Waals surface area contributed by atoms with Crippen molar-refractivity contribution in [3.05, 3.63) is 48.7 Å². The van der Waals surface area contributed by atoms with Gasteiger partial charge < -0.3 is 4.74 Å². The van der Waals surface area contributed by atoms with Crippen molar-refractivity contribution in [3.63, 3.8) is 0 Å². The van der Waals surface area contributed by atoms with E-state index in [4.69, 9.17) is 4.74 Å². The van der Waals surface area contributed by atoms with E-state index in [0.29, 0.717) is 10.0 Å². The zero-order valence-corrected chi connectivity index (χ0v) is 14.6. The number of ether oxygens (including phenoxy) is 1. The van der Waals surface area contributed by atoms with Crippen LogP contribution in [0.2, 0.25) is 0 Å². The van der Waals surface area contributed by atoms with Crippen LogP contribution in [0.15, 0.2) is 39.3 Å². The van der Waals surface area contributed by atoms with Crippen LogP contribution >= 0.6 is 54.5 Å². The van der Waals surface area contributed by atoms with Crippen LogP contribution in [0.5, 0.6) is 5.75 Å². The van der Waals surface area contributed by atoms with Crippen LogP contribution in [-0.4, -0.2) is 7.11 Å². The van der Waals surface area contributed by atoms with Crippen molar-refractivity contribution in [1.82, 2.24) is 0 Å². The Bertz CT molecular complexity index is 579. The van der Waals surface area contributed by atoms with E-state index in [1.54, 1.807) is 7.11 Å². The minimum atomic E-state index is -0.266. The van der Waals surface area contributed by atoms with E-state index < -0.39 is 0 Å². The molecule has 0 saturated carbocycles. The molecule has 0 spiro atoms. The number of halogens is 4. The summed E-state index contributed by atoms with van der Waals surface area (Å²) in [7, 11) is 1.62. The molecule has 94 valence electrons. The molecule has 0 heterocycles. The fraction of sp³-hybridized carbons (Fsp3) is 0.0769. The van der Waals surface area contributed by atoms with Crippen molar-refractivity contribution >= 4 is 54.5 Å². The molecule has 18 heavy (non-hydrogen) atoms. The van der Waals surface area contributed by atoms with E-state index in [2.05, 4.69) is 54.5 Å². The first-order valence-electron chi connectivity index (χ1n) is 5.01. The molecule has 0 amide bonds. The molecule has 2 rings (SSSR count). The van der Waals surface area contributed by atoms with Gasteiger partial charge >= 0.3 is 0 Å². The lowest BCUT2D eigenvalue weighted by atomic mass is 10.1. The largest absolute Gasteiger partial charge is 0.496 e. The molecular formula is C13H8Br2FIO. The summed E-state index contributed by atoms with van der Waals surface area (Å²) in [6.07, 6.45) is 0. The first kappa shape index (κ1) is 14.3. The predicted octanol–water partition coefficient (Wildman–Crippen LogP) is 5.63. The summed E-state index contributed by atoms with van der Waals surface area (Å²) in [5.74, 6) is 0.519. The fourth-order valence-corrected chi connectivity index (χ4v) is 3.78. The average Bonchev–Trinajstić information content (AvgIpc) is 2.27. The van der Waals surface area contributed by atoms with E-state index >= 15 is 0 Å². The van der Waals surface area contributed by atoms with Gasteiger partial charge in [0.1, 0.15) is 11.6 Å². The highest BCUT2D eigenvalue weighted by atomic mass is 127. The van der Waals surface area contributed by atoms with Crippen LogP contribution in [-0.2, 0) is 0 Å². The number of hydrogen-bond acceptors (Lipinski definition) is 1. The first-order valence-corrected chi connectivity index (χ1v) is 7.68. The highest BCUT2D eigenvalue weighted by molar-refractivity contribution is 14.1. The molecule has 0 aliphatic heterocycles. The van der Waals surface area contributed by atoms with Crippen LogP contribution in [0.1, 0.15) is 0 Å². The van der Waals surface area contributed by atoms with E-state index in [-0.39, 0.29) is 5.82 Å². The smallest absolute Gasteiger partial charge is 0.133 e. The molecule has 2 aromatic rings. The second kappa shape index (κ2) is 5.88. The molecule has 0 unspecified atom stereocenters. The molecule has 0 fully saturated rings. The normalized spacial score (nSPS) is 10.5. The maximum Gasteiger partial charge on any atom is 0.133 e. The molecule has 0 N–H and O–H groups in total. The zero-order chi connectivity index (χ0) is 13.3. The summed E-state index contributed by atoms with van der Waals surface area (Å²) >= 11 is 8.83. The van der Waals surface area contributed by atoms with Crippen molar-refractivity contribution in [1.29, 1.82) is 0 Å². The fourth-order valence-electron chi connectivity index (χ4n) is 1.64. The van der Waals surface area contributed by atoms with Crippen molar-refractivity contribution in [2.45, 2.75) is 0 Å². The quantitative estimate of drug-likeness (QED) is 0.501. The Morgan fingerprint density at radius 2 is 1.89 bits per heavy atom. The van der Waals surface area contributed by atoms with E-state index in [1.807, 2.05) is 24.3 Å². The van der Waals surface area contributed by atoms with Gasteiger partial charge in [-0.05, 0) is 52.4 Å². The second-order valence-corrected chi connectivity index (χ2v) is 6.53. The molecule has 0 saturated heterocycles. The van der Waals surface area contributed by atoms with Crippen LogP contribution in [0.25, 0.3) is 11.1 Å². The summed E-state index contributed by atoms with van der Waals surface area (Å²) in [6.45, 7) is 0. The predicted molar refractivity (Wildman–Crippen MR) is 86.5 cm³/mol. The third-order valence-corrected chi connectivity index (χ3v) is 4.37. The second-order valence-electron chi connectivity index (χ2n) is 3.59. The standard InChI is InChI=1S/C13H8Br2FIO/c1-18-12-3-2-7(4-11(12)17)13-9(15)5-8(14)6-10(13)16/h2-6H,1H3. The van der Waals surface area contributed by atoms with E-state index in [1.165, 1.54) is 6.07 Å². The van der Waals surface area contributed by atoms with Gasteiger partial charge in [-0.3, -0.25) is 0 Å². The molecule has 0 aliphatic carbocycles. The molecule has 5 heteroatoms. The lowest BCUT2D eigenvalue weighted by Gasteiger charge is -2.10. The molecular weight excluding hydrogens is 478 g/mol. The molecule has 0 bridgehead atoms. The maximum absolute atomic E-state index is 14.0. The van der Waals surface area contributed by atoms with Gasteiger partial charge in [-0.2, -0.15) is 0 Å². The SMILES string of the molecule is COc1ccc(-c2c(F)cc(Br)cc2Br)cc1I. The number of benzene rings is 2. The van der Waals surface area contributed by atoms with Gasteiger partial charge in [-0.1, -0.05) is 37.9 Å². The topological polar surface area (TPSA) is 9.23 Å². The summed E-state index contributed by atoms with van der Waals surface area (Å²) in [4.78, 5) is 0. The van der Waals surface area contributed by atoms with Crippen LogP contribution in [0.3, 0.4) is 0 Å². The molecule has 0 radical (unpaired) electrons. The first-order chi connectivity index (χ1) is 8.52. The third kappa shape index (κ3) is 2.88. The molecule has 2 aromatic carbocycles. The Labute approximate surface area is 135 Å². The van der Waals surface area contributed by atoms with Crippen molar-refractivity contribution < 1.29 is 9.13 Å². The number of methoxy groups -OCH3 is 1. The summed E-state index contributed by atoms with van der Waals surface area (Å²) in [5.41, 5.74) is 1.37. The maximum atomic E-state index is 14.0. The summed E-state index contributed by atoms with van der Waals surface area (Å²) in [6, 6.07) is 8.87. The molecule has 0 aromatic heterocycles. The van der Waals surface area contributed by atoms with Gasteiger partial charge in [0.15, 0.2) is 0 Å². The highest BCUT2D eigenvalue weighted by Gasteiger charge is 2.12. The minimum absolute atomic E-state index is 0.266. The zero-order valence-electron chi connectivity index (χ0n) is 9.31. The molecule has 1 nitrogen and oxygen atoms in total. The van der Waals surface area contributed by atoms with Crippen LogP contribution in [0, 0.1) is 9.39 Å². The van der Waals surface area contributed by atoms with Crippen LogP contribution < -0.4 is 4.74 Å². The van der Waals surface area contributed by atoms with Gasteiger partial charge in [0, 0.05) is 14.5 Å². The van der Waals surface area contributed by atoms with Crippen molar-refractivity contribution in [3.8, 4) is 16.9 Å². The Morgan fingerprint density at radius 1 is 1.17 bits per heavy atom. The number of hydrogen-bond donors (Lipinski definition) is 0. The van der Waals surface area contributed by atoms with Gasteiger partial charge in [0.25, 0.3) is 0 Å². The van der Waals surface area contributed by atoms with E-state index in [0.717, 1.165) is 19.4 Å². The number of rotatable bonds is 2. The van der Waals surface area contributed by atoms with E-state index in [9.17, 15) is 4.39 Å². The minimum Gasteiger partial charge on any atom is -0.496 e. The Balaban J connectivity index is 2.59. The molecule has 0 atom stereocenters. The summed E-state index contributed by atoms with van der Waals surface area (Å²) < 4.78 is 21.6. The Hall–Kier alpha value is -0.140. The third-order valence-electron chi connectivity index (χ3n) is 2.45.